The Bertz CT molecular complexity index is 906. The lowest BCUT2D eigenvalue weighted by molar-refractivity contribution is 0.169. The van der Waals surface area contributed by atoms with Gasteiger partial charge in [-0.2, -0.15) is 0 Å². The zero-order valence-corrected chi connectivity index (χ0v) is 14.7. The van der Waals surface area contributed by atoms with Gasteiger partial charge in [0.05, 0.1) is 11.4 Å². The lowest BCUT2D eigenvalue weighted by Crippen LogP contribution is -2.17. The maximum Gasteiger partial charge on any atom is 0.182 e. The van der Waals surface area contributed by atoms with Crippen LogP contribution in [0.1, 0.15) is 36.7 Å². The zero-order chi connectivity index (χ0) is 17.2. The van der Waals surface area contributed by atoms with Crippen molar-refractivity contribution in [3.05, 3.63) is 59.7 Å². The van der Waals surface area contributed by atoms with Gasteiger partial charge in [-0.05, 0) is 29.7 Å². The minimum Gasteiger partial charge on any atom is -0.486 e. The van der Waals surface area contributed by atoms with E-state index in [-0.39, 0.29) is 0 Å². The van der Waals surface area contributed by atoms with E-state index in [9.17, 15) is 0 Å². The summed E-state index contributed by atoms with van der Waals surface area (Å²) in [5, 5.41) is 2.53. The van der Waals surface area contributed by atoms with Gasteiger partial charge < -0.3 is 9.47 Å². The van der Waals surface area contributed by atoms with Crippen molar-refractivity contribution in [1.82, 2.24) is 9.97 Å². The summed E-state index contributed by atoms with van der Waals surface area (Å²) in [5.41, 5.74) is 3.36. The highest BCUT2D eigenvalue weighted by Gasteiger charge is 2.17. The lowest BCUT2D eigenvalue weighted by Gasteiger charge is -2.20. The second-order valence-corrected chi connectivity index (χ2v) is 6.65. The van der Waals surface area contributed by atoms with E-state index in [2.05, 4.69) is 43.1 Å². The molecule has 0 N–H and O–H groups in total. The standard InChI is InChI=1S/C21H22N2O2/c1-14(2)20-17-6-4-3-5-16(17)15(13-23-20)7-8-18-21-19(9-10-22-18)24-11-12-25-21/h3-6,9-10,13-14H,7-8,11-12H2,1-2H3. The van der Waals surface area contributed by atoms with Crippen LogP contribution in [0.2, 0.25) is 0 Å². The van der Waals surface area contributed by atoms with Crippen molar-refractivity contribution in [3.8, 4) is 11.5 Å². The highest BCUT2D eigenvalue weighted by Crippen LogP contribution is 2.33. The molecule has 1 aliphatic heterocycles. The molecule has 0 saturated carbocycles. The van der Waals surface area contributed by atoms with Crippen molar-refractivity contribution < 1.29 is 9.47 Å². The zero-order valence-electron chi connectivity index (χ0n) is 14.7. The van der Waals surface area contributed by atoms with Gasteiger partial charge in [-0.25, -0.2) is 0 Å². The van der Waals surface area contributed by atoms with E-state index in [1.165, 1.54) is 16.3 Å². The first-order chi connectivity index (χ1) is 12.2. The predicted octanol–water partition coefficient (Wildman–Crippen LogP) is 4.31. The van der Waals surface area contributed by atoms with Gasteiger partial charge in [0, 0.05) is 23.8 Å². The molecule has 0 saturated heterocycles. The number of ether oxygens (including phenoxy) is 2. The smallest absolute Gasteiger partial charge is 0.182 e. The molecule has 4 nitrogen and oxygen atoms in total. The van der Waals surface area contributed by atoms with Crippen molar-refractivity contribution in [3.63, 3.8) is 0 Å². The number of pyridine rings is 2. The molecule has 3 aromatic rings. The van der Waals surface area contributed by atoms with Gasteiger partial charge >= 0.3 is 0 Å². The van der Waals surface area contributed by atoms with Crippen LogP contribution >= 0.6 is 0 Å². The molecule has 4 rings (SSSR count). The van der Waals surface area contributed by atoms with Gasteiger partial charge in [0.15, 0.2) is 11.5 Å². The third-order valence-electron chi connectivity index (χ3n) is 4.62. The van der Waals surface area contributed by atoms with Gasteiger partial charge in [-0.1, -0.05) is 38.1 Å². The molecular formula is C21H22N2O2. The fourth-order valence-corrected chi connectivity index (χ4v) is 3.40. The molecule has 0 fully saturated rings. The Morgan fingerprint density at radius 1 is 0.960 bits per heavy atom. The van der Waals surface area contributed by atoms with E-state index >= 15 is 0 Å². The molecule has 3 heterocycles. The number of hydrogen-bond donors (Lipinski definition) is 0. The third kappa shape index (κ3) is 3.04. The number of aromatic nitrogens is 2. The van der Waals surface area contributed by atoms with Crippen LogP contribution in [0, 0.1) is 0 Å². The summed E-state index contributed by atoms with van der Waals surface area (Å²) < 4.78 is 11.4. The molecule has 0 radical (unpaired) electrons. The number of fused-ring (bicyclic) bond motifs is 2. The first-order valence-corrected chi connectivity index (χ1v) is 8.84. The van der Waals surface area contributed by atoms with Gasteiger partial charge in [-0.3, -0.25) is 9.97 Å². The monoisotopic (exact) mass is 334 g/mol. The molecule has 0 spiro atoms. The van der Waals surface area contributed by atoms with Crippen LogP contribution in [0.15, 0.2) is 42.7 Å². The summed E-state index contributed by atoms with van der Waals surface area (Å²) in [4.78, 5) is 9.24. The Hall–Kier alpha value is -2.62. The van der Waals surface area contributed by atoms with Crippen LogP contribution in [0.3, 0.4) is 0 Å². The van der Waals surface area contributed by atoms with Crippen molar-refractivity contribution in [2.45, 2.75) is 32.6 Å². The van der Waals surface area contributed by atoms with E-state index in [0.29, 0.717) is 19.1 Å². The van der Waals surface area contributed by atoms with Crippen molar-refractivity contribution in [2.75, 3.05) is 13.2 Å². The second-order valence-electron chi connectivity index (χ2n) is 6.65. The lowest BCUT2D eigenvalue weighted by atomic mass is 9.97. The molecule has 128 valence electrons. The van der Waals surface area contributed by atoms with Gasteiger partial charge in [0.2, 0.25) is 0 Å². The van der Waals surface area contributed by atoms with Crippen LogP contribution in [-0.2, 0) is 12.8 Å². The molecule has 4 heteroatoms. The third-order valence-corrected chi connectivity index (χ3v) is 4.62. The molecule has 2 aromatic heterocycles. The first kappa shape index (κ1) is 15.9. The Morgan fingerprint density at radius 3 is 2.60 bits per heavy atom. The molecule has 0 atom stereocenters. The Labute approximate surface area is 147 Å². The van der Waals surface area contributed by atoms with E-state index in [1.54, 1.807) is 6.20 Å². The molecular weight excluding hydrogens is 312 g/mol. The molecule has 0 unspecified atom stereocenters. The van der Waals surface area contributed by atoms with Crippen LogP contribution in [0.5, 0.6) is 11.5 Å². The SMILES string of the molecule is CC(C)c1ncc(CCc2nccc3c2OCCO3)c2ccccc12. The van der Waals surface area contributed by atoms with Crippen LogP contribution in [0.25, 0.3) is 10.8 Å². The van der Waals surface area contributed by atoms with Gasteiger partial charge in [-0.15, -0.1) is 0 Å². The summed E-state index contributed by atoms with van der Waals surface area (Å²) in [5.74, 6) is 2.01. The summed E-state index contributed by atoms with van der Waals surface area (Å²) in [6.07, 6.45) is 5.49. The summed E-state index contributed by atoms with van der Waals surface area (Å²) >= 11 is 0. The van der Waals surface area contributed by atoms with Gasteiger partial charge in [0.25, 0.3) is 0 Å². The molecule has 1 aromatic carbocycles. The Balaban J connectivity index is 1.65. The first-order valence-electron chi connectivity index (χ1n) is 8.84. The van der Waals surface area contributed by atoms with Crippen molar-refractivity contribution in [1.29, 1.82) is 0 Å². The molecule has 0 amide bonds. The summed E-state index contributed by atoms with van der Waals surface area (Å²) in [7, 11) is 0. The minimum atomic E-state index is 0.410. The number of hydrogen-bond acceptors (Lipinski definition) is 4. The fourth-order valence-electron chi connectivity index (χ4n) is 3.40. The largest absolute Gasteiger partial charge is 0.486 e. The van der Waals surface area contributed by atoms with Crippen molar-refractivity contribution >= 4 is 10.8 Å². The second kappa shape index (κ2) is 6.71. The minimum absolute atomic E-state index is 0.410. The van der Waals surface area contributed by atoms with E-state index in [4.69, 9.17) is 14.5 Å². The molecule has 0 bridgehead atoms. The summed E-state index contributed by atoms with van der Waals surface area (Å²) in [6, 6.07) is 10.4. The maximum absolute atomic E-state index is 5.78. The fraction of sp³-hybridized carbons (Fsp3) is 0.333. The van der Waals surface area contributed by atoms with Crippen LogP contribution in [-0.4, -0.2) is 23.2 Å². The quantitative estimate of drug-likeness (QED) is 0.713. The highest BCUT2D eigenvalue weighted by molar-refractivity contribution is 5.87. The maximum atomic E-state index is 5.78. The van der Waals surface area contributed by atoms with Crippen LogP contribution in [0.4, 0.5) is 0 Å². The van der Waals surface area contributed by atoms with E-state index < -0.39 is 0 Å². The topological polar surface area (TPSA) is 44.2 Å². The average molecular weight is 334 g/mol. The number of benzene rings is 1. The molecule has 0 aliphatic carbocycles. The van der Waals surface area contributed by atoms with Gasteiger partial charge in [0.1, 0.15) is 13.2 Å². The Morgan fingerprint density at radius 2 is 1.76 bits per heavy atom. The molecule has 1 aliphatic rings. The average Bonchev–Trinajstić information content (AvgIpc) is 2.65. The van der Waals surface area contributed by atoms with E-state index in [1.807, 2.05) is 12.3 Å². The number of aryl methyl sites for hydroxylation is 2. The number of rotatable bonds is 4. The normalized spacial score (nSPS) is 13.4. The summed E-state index contributed by atoms with van der Waals surface area (Å²) in [6.45, 7) is 5.55. The Kier molecular flexibility index (Phi) is 4.26. The van der Waals surface area contributed by atoms with Crippen LogP contribution < -0.4 is 9.47 Å². The van der Waals surface area contributed by atoms with Crippen molar-refractivity contribution in [2.24, 2.45) is 0 Å². The highest BCUT2D eigenvalue weighted by atomic mass is 16.6. The molecule has 25 heavy (non-hydrogen) atoms. The number of nitrogens with zero attached hydrogens (tertiary/aromatic N) is 2. The van der Waals surface area contributed by atoms with E-state index in [0.717, 1.165) is 35.7 Å². The predicted molar refractivity (Wildman–Crippen MR) is 98.5 cm³/mol.